The average Bonchev–Trinajstić information content (AvgIpc) is 2.41. The van der Waals surface area contributed by atoms with Crippen molar-refractivity contribution in [2.75, 3.05) is 10.0 Å². The van der Waals surface area contributed by atoms with Crippen LogP contribution in [0.1, 0.15) is 6.92 Å². The van der Waals surface area contributed by atoms with Crippen LogP contribution in [-0.4, -0.2) is 19.3 Å². The zero-order valence-corrected chi connectivity index (χ0v) is 13.4. The highest BCUT2D eigenvalue weighted by molar-refractivity contribution is 9.10. The summed E-state index contributed by atoms with van der Waals surface area (Å²) in [6, 6.07) is 9.11. The zero-order chi connectivity index (χ0) is 15.5. The van der Waals surface area contributed by atoms with Crippen molar-refractivity contribution in [2.45, 2.75) is 11.8 Å². The molecule has 0 saturated carbocycles. The Morgan fingerprint density at radius 2 is 1.71 bits per heavy atom. The van der Waals surface area contributed by atoms with Gasteiger partial charge in [-0.2, -0.15) is 0 Å². The molecular formula is C13H12BrN3O3S. The van der Waals surface area contributed by atoms with E-state index in [1.807, 2.05) is 0 Å². The molecule has 1 heterocycles. The Labute approximate surface area is 130 Å². The average molecular weight is 370 g/mol. The number of nitrogens with zero attached hydrogens (tertiary/aromatic N) is 1. The Balaban J connectivity index is 2.19. The molecule has 2 aromatic rings. The van der Waals surface area contributed by atoms with Gasteiger partial charge in [-0.1, -0.05) is 0 Å². The number of benzene rings is 1. The van der Waals surface area contributed by atoms with Gasteiger partial charge in [-0.05, 0) is 52.3 Å². The fourth-order valence-corrected chi connectivity index (χ4v) is 2.85. The van der Waals surface area contributed by atoms with E-state index >= 15 is 0 Å². The smallest absolute Gasteiger partial charge is 0.261 e. The number of nitrogens with one attached hydrogen (secondary N) is 2. The van der Waals surface area contributed by atoms with Crippen LogP contribution >= 0.6 is 15.9 Å². The molecule has 0 aliphatic rings. The maximum atomic E-state index is 12.2. The second-order valence-electron chi connectivity index (χ2n) is 4.18. The van der Waals surface area contributed by atoms with Gasteiger partial charge in [0.1, 0.15) is 4.60 Å². The molecular weight excluding hydrogens is 358 g/mol. The van der Waals surface area contributed by atoms with Crippen molar-refractivity contribution in [3.05, 3.63) is 47.2 Å². The summed E-state index contributed by atoms with van der Waals surface area (Å²) in [6.45, 7) is 1.38. The van der Waals surface area contributed by atoms with Crippen LogP contribution in [0.2, 0.25) is 0 Å². The van der Waals surface area contributed by atoms with Crippen LogP contribution < -0.4 is 10.0 Å². The molecule has 1 aromatic carbocycles. The summed E-state index contributed by atoms with van der Waals surface area (Å²) in [6.07, 6.45) is 1.41. The van der Waals surface area contributed by atoms with Crippen LogP contribution in [0.5, 0.6) is 0 Å². The van der Waals surface area contributed by atoms with Crippen molar-refractivity contribution in [3.63, 3.8) is 0 Å². The maximum absolute atomic E-state index is 12.2. The van der Waals surface area contributed by atoms with Gasteiger partial charge in [0.25, 0.3) is 10.0 Å². The van der Waals surface area contributed by atoms with E-state index in [0.29, 0.717) is 16.0 Å². The number of halogens is 1. The summed E-state index contributed by atoms with van der Waals surface area (Å²) in [4.78, 5) is 15.0. The Morgan fingerprint density at radius 3 is 2.24 bits per heavy atom. The van der Waals surface area contributed by atoms with Crippen molar-refractivity contribution in [2.24, 2.45) is 0 Å². The summed E-state index contributed by atoms with van der Waals surface area (Å²) in [5.74, 6) is -0.218. The van der Waals surface area contributed by atoms with Gasteiger partial charge in [0.05, 0.1) is 16.8 Å². The molecule has 8 heteroatoms. The molecule has 0 unspecified atom stereocenters. The fraction of sp³-hybridized carbons (Fsp3) is 0.0769. The highest BCUT2D eigenvalue weighted by atomic mass is 79.9. The number of carbonyl (C=O) groups is 1. The largest absolute Gasteiger partial charge is 0.326 e. The molecule has 110 valence electrons. The molecule has 21 heavy (non-hydrogen) atoms. The first-order chi connectivity index (χ1) is 9.87. The Hall–Kier alpha value is -1.93. The van der Waals surface area contributed by atoms with Gasteiger partial charge in [0.15, 0.2) is 0 Å². The Kier molecular flexibility index (Phi) is 4.59. The van der Waals surface area contributed by atoms with Gasteiger partial charge in [-0.25, -0.2) is 13.4 Å². The van der Waals surface area contributed by atoms with Gasteiger partial charge in [-0.15, -0.1) is 0 Å². The molecule has 2 rings (SSSR count). The summed E-state index contributed by atoms with van der Waals surface area (Å²) >= 11 is 3.17. The topological polar surface area (TPSA) is 88.2 Å². The van der Waals surface area contributed by atoms with Gasteiger partial charge in [0, 0.05) is 12.6 Å². The molecule has 1 amide bonds. The molecule has 0 radical (unpaired) electrons. The maximum Gasteiger partial charge on any atom is 0.261 e. The molecule has 0 saturated heterocycles. The molecule has 0 aliphatic heterocycles. The SMILES string of the molecule is CC(=O)Nc1ccc(S(=O)(=O)Nc2ccc(Br)nc2)cc1. The van der Waals surface area contributed by atoms with E-state index in [1.54, 1.807) is 12.1 Å². The first-order valence-corrected chi connectivity index (χ1v) is 8.16. The number of amides is 1. The van der Waals surface area contributed by atoms with E-state index in [0.717, 1.165) is 0 Å². The molecule has 1 aromatic heterocycles. The second kappa shape index (κ2) is 6.23. The number of rotatable bonds is 4. The Morgan fingerprint density at radius 1 is 1.10 bits per heavy atom. The van der Waals surface area contributed by atoms with E-state index in [1.165, 1.54) is 37.4 Å². The van der Waals surface area contributed by atoms with Gasteiger partial charge < -0.3 is 5.32 Å². The molecule has 0 spiro atoms. The zero-order valence-electron chi connectivity index (χ0n) is 11.0. The minimum absolute atomic E-state index is 0.0968. The molecule has 2 N–H and O–H groups in total. The molecule has 0 atom stereocenters. The van der Waals surface area contributed by atoms with Gasteiger partial charge in [0.2, 0.25) is 5.91 Å². The van der Waals surface area contributed by atoms with Gasteiger partial charge >= 0.3 is 0 Å². The minimum atomic E-state index is -3.69. The van der Waals surface area contributed by atoms with Crippen molar-refractivity contribution < 1.29 is 13.2 Å². The summed E-state index contributed by atoms with van der Waals surface area (Å²) < 4.78 is 27.4. The van der Waals surface area contributed by atoms with Crippen LogP contribution in [0.3, 0.4) is 0 Å². The second-order valence-corrected chi connectivity index (χ2v) is 6.68. The quantitative estimate of drug-likeness (QED) is 0.810. The van der Waals surface area contributed by atoms with Crippen LogP contribution in [0, 0.1) is 0 Å². The van der Waals surface area contributed by atoms with E-state index in [9.17, 15) is 13.2 Å². The fourth-order valence-electron chi connectivity index (χ4n) is 1.57. The number of carbonyl (C=O) groups excluding carboxylic acids is 1. The summed E-state index contributed by atoms with van der Waals surface area (Å²) in [5.41, 5.74) is 0.899. The highest BCUT2D eigenvalue weighted by Gasteiger charge is 2.14. The molecule has 6 nitrogen and oxygen atoms in total. The van der Waals surface area contributed by atoms with Crippen molar-refractivity contribution in [1.29, 1.82) is 0 Å². The normalized spacial score (nSPS) is 11.0. The molecule has 0 aliphatic carbocycles. The van der Waals surface area contributed by atoms with E-state index < -0.39 is 10.0 Å². The van der Waals surface area contributed by atoms with Crippen molar-refractivity contribution >= 4 is 43.2 Å². The monoisotopic (exact) mass is 369 g/mol. The first-order valence-electron chi connectivity index (χ1n) is 5.89. The third-order valence-corrected chi connectivity index (χ3v) is 4.33. The van der Waals surface area contributed by atoms with Crippen molar-refractivity contribution in [3.8, 4) is 0 Å². The predicted molar refractivity (Wildman–Crippen MR) is 83.5 cm³/mol. The van der Waals surface area contributed by atoms with Crippen LogP contribution in [0.15, 0.2) is 52.1 Å². The lowest BCUT2D eigenvalue weighted by molar-refractivity contribution is -0.114. The van der Waals surface area contributed by atoms with Crippen molar-refractivity contribution in [1.82, 2.24) is 4.98 Å². The van der Waals surface area contributed by atoms with Crippen LogP contribution in [0.4, 0.5) is 11.4 Å². The molecule has 0 bridgehead atoms. The summed E-state index contributed by atoms with van der Waals surface area (Å²) in [5, 5.41) is 2.57. The highest BCUT2D eigenvalue weighted by Crippen LogP contribution is 2.18. The van der Waals surface area contributed by atoms with E-state index in [2.05, 4.69) is 31.0 Å². The number of pyridine rings is 1. The summed E-state index contributed by atoms with van der Waals surface area (Å²) in [7, 11) is -3.69. The van der Waals surface area contributed by atoms with E-state index in [-0.39, 0.29) is 10.8 Å². The molecule has 0 fully saturated rings. The minimum Gasteiger partial charge on any atom is -0.326 e. The van der Waals surface area contributed by atoms with Crippen LogP contribution in [0.25, 0.3) is 0 Å². The lowest BCUT2D eigenvalue weighted by Crippen LogP contribution is -2.13. The number of hydrogen-bond donors (Lipinski definition) is 2. The van der Waals surface area contributed by atoms with Gasteiger partial charge in [-0.3, -0.25) is 9.52 Å². The first kappa shape index (κ1) is 15.5. The number of hydrogen-bond acceptors (Lipinski definition) is 4. The number of sulfonamides is 1. The Bertz CT molecular complexity index is 743. The lowest BCUT2D eigenvalue weighted by Gasteiger charge is -2.08. The number of anilines is 2. The third kappa shape index (κ3) is 4.27. The van der Waals surface area contributed by atoms with Crippen LogP contribution in [-0.2, 0) is 14.8 Å². The lowest BCUT2D eigenvalue weighted by atomic mass is 10.3. The third-order valence-electron chi connectivity index (χ3n) is 2.46. The standard InChI is InChI=1S/C13H12BrN3O3S/c1-9(18)16-10-2-5-12(6-3-10)21(19,20)17-11-4-7-13(14)15-8-11/h2-8,17H,1H3,(H,16,18). The number of aromatic nitrogens is 1. The van der Waals surface area contributed by atoms with E-state index in [4.69, 9.17) is 0 Å². The predicted octanol–water partition coefficient (Wildman–Crippen LogP) is 2.60.